The van der Waals surface area contributed by atoms with Crippen LogP contribution in [0, 0.1) is 0 Å². The van der Waals surface area contributed by atoms with Crippen LogP contribution in [0.1, 0.15) is 55.4 Å². The van der Waals surface area contributed by atoms with Gasteiger partial charge in [-0.05, 0) is 34.8 Å². The van der Waals surface area contributed by atoms with E-state index in [1.165, 1.54) is 5.69 Å². The number of nitrogens with zero attached hydrogens (tertiary/aromatic N) is 1. The molecule has 1 aromatic carbocycles. The van der Waals surface area contributed by atoms with Gasteiger partial charge in [0.15, 0.2) is 0 Å². The summed E-state index contributed by atoms with van der Waals surface area (Å²) < 4.78 is 5.47. The fourth-order valence-electron chi connectivity index (χ4n) is 3.43. The zero-order valence-electron chi connectivity index (χ0n) is 15.0. The van der Waals surface area contributed by atoms with Crippen LogP contribution < -0.4 is 0 Å². The van der Waals surface area contributed by atoms with Crippen LogP contribution in [-0.4, -0.2) is 22.6 Å². The summed E-state index contributed by atoms with van der Waals surface area (Å²) in [4.78, 5) is 0. The third-order valence-corrected chi connectivity index (χ3v) is 18.5. The van der Waals surface area contributed by atoms with E-state index < -0.39 is 6.74 Å². The average molecular weight is 325 g/mol. The van der Waals surface area contributed by atoms with E-state index in [9.17, 15) is 0 Å². The number of hydrogen-bond donors (Lipinski definition) is 0. The van der Waals surface area contributed by atoms with E-state index in [1.54, 1.807) is 0 Å². The van der Waals surface area contributed by atoms with Crippen molar-refractivity contribution in [3.63, 3.8) is 0 Å². The Hall–Kier alpha value is -0.120. The second-order valence-electron chi connectivity index (χ2n) is 6.89. The highest BCUT2D eigenvalue weighted by Crippen LogP contribution is 2.86. The first-order valence-electron chi connectivity index (χ1n) is 8.19. The van der Waals surface area contributed by atoms with Gasteiger partial charge in [0.05, 0.1) is 5.69 Å². The van der Waals surface area contributed by atoms with E-state index >= 15 is 0 Å². The van der Waals surface area contributed by atoms with Gasteiger partial charge in [0.1, 0.15) is 0 Å². The summed E-state index contributed by atoms with van der Waals surface area (Å²) in [5.41, 5.74) is 3.99. The molecule has 0 aromatic heterocycles. The molecule has 0 bridgehead atoms. The molecular formula is C18H33NP2. The van der Waals surface area contributed by atoms with Gasteiger partial charge in [0.2, 0.25) is 0 Å². The largest absolute Gasteiger partial charge is 0.263 e. The van der Waals surface area contributed by atoms with Crippen molar-refractivity contribution in [3.05, 3.63) is 30.3 Å². The molecule has 0 aliphatic rings. The quantitative estimate of drug-likeness (QED) is 0.479. The smallest absolute Gasteiger partial charge is 0.0617 e. The molecule has 0 N–H and O–H groups in total. The first kappa shape index (κ1) is 18.9. The molecule has 1 aromatic rings. The van der Waals surface area contributed by atoms with Crippen LogP contribution in [0.4, 0.5) is 5.69 Å². The van der Waals surface area contributed by atoms with E-state index in [-0.39, 0.29) is 7.61 Å². The summed E-state index contributed by atoms with van der Waals surface area (Å²) in [5.74, 6) is 0. The van der Waals surface area contributed by atoms with E-state index in [4.69, 9.17) is 4.74 Å². The van der Waals surface area contributed by atoms with E-state index in [0.29, 0.717) is 11.3 Å². The summed E-state index contributed by atoms with van der Waals surface area (Å²) >= 11 is 0. The van der Waals surface area contributed by atoms with Gasteiger partial charge >= 0.3 is 0 Å². The Morgan fingerprint density at radius 2 is 1.19 bits per heavy atom. The Balaban J connectivity index is 3.59. The molecule has 0 unspecified atom stereocenters. The van der Waals surface area contributed by atoms with Crippen molar-refractivity contribution in [2.75, 3.05) is 0 Å². The molecule has 0 heterocycles. The monoisotopic (exact) mass is 325 g/mol. The summed E-state index contributed by atoms with van der Waals surface area (Å²) in [5, 5.41) is 0. The van der Waals surface area contributed by atoms with Crippen molar-refractivity contribution >= 4 is 20.0 Å². The SMILES string of the molecule is CC(C)P(C(C)C)P(=Nc1ccccc1)(C(C)C)C(C)C. The number of benzene rings is 1. The van der Waals surface area contributed by atoms with Crippen molar-refractivity contribution < 1.29 is 0 Å². The predicted octanol–water partition coefficient (Wildman–Crippen LogP) is 7.55. The molecule has 0 saturated heterocycles. The molecule has 21 heavy (non-hydrogen) atoms. The van der Waals surface area contributed by atoms with Crippen molar-refractivity contribution in [2.24, 2.45) is 4.74 Å². The minimum atomic E-state index is -1.39. The standard InChI is InChI=1S/C18H33NP2/c1-14(2)20(15(3)4)21(16(5)6,17(7)8)19-18-12-10-9-11-13-18/h9-17H,1-8H3. The summed E-state index contributed by atoms with van der Waals surface area (Å²) in [7, 11) is -0.0845. The Morgan fingerprint density at radius 3 is 1.52 bits per heavy atom. The lowest BCUT2D eigenvalue weighted by Crippen LogP contribution is -2.15. The number of rotatable bonds is 6. The maximum absolute atomic E-state index is 5.47. The second kappa shape index (κ2) is 7.94. The third-order valence-electron chi connectivity index (χ3n) is 3.98. The third kappa shape index (κ3) is 4.20. The lowest BCUT2D eigenvalue weighted by atomic mass is 10.3. The van der Waals surface area contributed by atoms with Gasteiger partial charge in [-0.25, -0.2) is 0 Å². The predicted molar refractivity (Wildman–Crippen MR) is 103 cm³/mol. The van der Waals surface area contributed by atoms with Crippen LogP contribution in [0.25, 0.3) is 0 Å². The first-order valence-corrected chi connectivity index (χ1v) is 12.3. The zero-order chi connectivity index (χ0) is 16.2. The maximum Gasteiger partial charge on any atom is 0.0617 e. The Bertz CT molecular complexity index is 455. The van der Waals surface area contributed by atoms with E-state index in [2.05, 4.69) is 85.7 Å². The fraction of sp³-hybridized carbons (Fsp3) is 0.667. The molecule has 1 rings (SSSR count). The molecule has 120 valence electrons. The highest BCUT2D eigenvalue weighted by Gasteiger charge is 2.39. The van der Waals surface area contributed by atoms with Crippen LogP contribution in [0.2, 0.25) is 0 Å². The van der Waals surface area contributed by atoms with Gasteiger partial charge in [-0.2, -0.15) is 0 Å². The van der Waals surface area contributed by atoms with Crippen LogP contribution in [0.15, 0.2) is 35.1 Å². The fourth-order valence-corrected chi connectivity index (χ4v) is 17.7. The second-order valence-corrected chi connectivity index (χ2v) is 16.7. The molecule has 0 aliphatic heterocycles. The van der Waals surface area contributed by atoms with Gasteiger partial charge in [-0.1, -0.05) is 81.2 Å². The van der Waals surface area contributed by atoms with Gasteiger partial charge in [0.25, 0.3) is 0 Å². The van der Waals surface area contributed by atoms with Gasteiger partial charge in [-0.3, -0.25) is 4.74 Å². The Kier molecular flexibility index (Phi) is 7.15. The molecule has 0 radical (unpaired) electrons. The van der Waals surface area contributed by atoms with E-state index in [1.807, 2.05) is 0 Å². The van der Waals surface area contributed by atoms with Gasteiger partial charge in [-0.15, -0.1) is 0 Å². The van der Waals surface area contributed by atoms with E-state index in [0.717, 1.165) is 11.3 Å². The summed E-state index contributed by atoms with van der Waals surface area (Å²) in [6.07, 6.45) is 0. The van der Waals surface area contributed by atoms with Crippen LogP contribution in [0.5, 0.6) is 0 Å². The Morgan fingerprint density at radius 1 is 0.762 bits per heavy atom. The lowest BCUT2D eigenvalue weighted by Gasteiger charge is -2.44. The van der Waals surface area contributed by atoms with Crippen LogP contribution in [-0.2, 0) is 0 Å². The summed E-state index contributed by atoms with van der Waals surface area (Å²) in [6.45, 7) is 17.9. The molecule has 0 amide bonds. The minimum Gasteiger partial charge on any atom is -0.263 e. The van der Waals surface area contributed by atoms with Crippen molar-refractivity contribution in [1.82, 2.24) is 0 Å². The maximum atomic E-state index is 5.47. The molecule has 0 saturated carbocycles. The molecule has 0 fully saturated rings. The lowest BCUT2D eigenvalue weighted by molar-refractivity contribution is 0.986. The number of hydrogen-bond acceptors (Lipinski definition) is 1. The van der Waals surface area contributed by atoms with Crippen LogP contribution in [0.3, 0.4) is 0 Å². The molecule has 0 aliphatic carbocycles. The average Bonchev–Trinajstić information content (AvgIpc) is 2.37. The minimum absolute atomic E-state index is 0.0845. The van der Waals surface area contributed by atoms with Crippen LogP contribution >= 0.6 is 14.4 Å². The van der Waals surface area contributed by atoms with Crippen molar-refractivity contribution in [3.8, 4) is 0 Å². The van der Waals surface area contributed by atoms with Gasteiger partial charge < -0.3 is 0 Å². The highest BCUT2D eigenvalue weighted by molar-refractivity contribution is 8.35. The molecular weight excluding hydrogens is 292 g/mol. The molecule has 1 nitrogen and oxygen atoms in total. The molecule has 0 spiro atoms. The first-order chi connectivity index (χ1) is 9.73. The highest BCUT2D eigenvalue weighted by atomic mass is 32.1. The Labute approximate surface area is 133 Å². The van der Waals surface area contributed by atoms with Gasteiger partial charge in [0, 0.05) is 6.74 Å². The molecule has 3 heteroatoms. The molecule has 0 atom stereocenters. The van der Waals surface area contributed by atoms with Crippen molar-refractivity contribution in [1.29, 1.82) is 0 Å². The normalized spacial score (nSPS) is 13.0. The topological polar surface area (TPSA) is 12.4 Å². The zero-order valence-corrected chi connectivity index (χ0v) is 16.8. The van der Waals surface area contributed by atoms with Crippen molar-refractivity contribution in [2.45, 2.75) is 78.0 Å². The summed E-state index contributed by atoms with van der Waals surface area (Å²) in [6, 6.07) is 10.7.